The molecule has 2 N–H and O–H groups in total. The van der Waals surface area contributed by atoms with Crippen molar-refractivity contribution in [3.63, 3.8) is 0 Å². The predicted octanol–water partition coefficient (Wildman–Crippen LogP) is 4.33. The molecule has 118 valence electrons. The molecule has 2 saturated carbocycles. The fourth-order valence-corrected chi connectivity index (χ4v) is 4.29. The lowest BCUT2D eigenvalue weighted by atomic mass is 9.86. The number of nitrogens with two attached hydrogens (primary N) is 1. The van der Waals surface area contributed by atoms with E-state index in [2.05, 4.69) is 18.7 Å². The van der Waals surface area contributed by atoms with Crippen LogP contribution in [0, 0.1) is 5.92 Å². The minimum atomic E-state index is 0.346. The van der Waals surface area contributed by atoms with Crippen LogP contribution < -0.4 is 5.73 Å². The van der Waals surface area contributed by atoms with E-state index in [1.54, 1.807) is 0 Å². The Morgan fingerprint density at radius 3 is 2.45 bits per heavy atom. The second kappa shape index (κ2) is 7.79. The van der Waals surface area contributed by atoms with Gasteiger partial charge in [-0.3, -0.25) is 4.90 Å². The molecule has 2 fully saturated rings. The van der Waals surface area contributed by atoms with Gasteiger partial charge in [-0.2, -0.15) is 0 Å². The first kappa shape index (κ1) is 16.3. The van der Waals surface area contributed by atoms with Crippen LogP contribution in [-0.2, 0) is 0 Å². The van der Waals surface area contributed by atoms with E-state index in [9.17, 15) is 0 Å². The summed E-state index contributed by atoms with van der Waals surface area (Å²) in [5.74, 6) is 0.973. The zero-order valence-electron chi connectivity index (χ0n) is 13.9. The Morgan fingerprint density at radius 2 is 1.85 bits per heavy atom. The molecule has 0 bridgehead atoms. The Morgan fingerprint density at radius 1 is 1.05 bits per heavy atom. The first-order valence-electron chi connectivity index (χ1n) is 9.22. The van der Waals surface area contributed by atoms with Crippen LogP contribution in [0.1, 0.15) is 84.5 Å². The van der Waals surface area contributed by atoms with Gasteiger partial charge in [-0.15, -0.1) is 0 Å². The zero-order valence-corrected chi connectivity index (χ0v) is 13.9. The Labute approximate surface area is 126 Å². The Balaban J connectivity index is 2.02. The van der Waals surface area contributed by atoms with Crippen molar-refractivity contribution < 1.29 is 0 Å². The molecule has 0 spiro atoms. The summed E-state index contributed by atoms with van der Waals surface area (Å²) in [5.41, 5.74) is 6.67. The number of hydrogen-bond acceptors (Lipinski definition) is 2. The molecule has 0 aromatic carbocycles. The first-order valence-corrected chi connectivity index (χ1v) is 9.22. The number of rotatable bonds is 8. The Bertz CT molecular complexity index is 275. The lowest BCUT2D eigenvalue weighted by Gasteiger charge is -2.44. The van der Waals surface area contributed by atoms with Crippen LogP contribution in [0.2, 0.25) is 0 Å². The molecule has 2 heteroatoms. The smallest absolute Gasteiger partial charge is 0.0334 e. The fourth-order valence-electron chi connectivity index (χ4n) is 4.29. The van der Waals surface area contributed by atoms with Gasteiger partial charge in [0.1, 0.15) is 0 Å². The van der Waals surface area contributed by atoms with E-state index >= 15 is 0 Å². The van der Waals surface area contributed by atoms with Crippen molar-refractivity contribution in [2.45, 2.75) is 96.1 Å². The average molecular weight is 280 g/mol. The monoisotopic (exact) mass is 280 g/mol. The van der Waals surface area contributed by atoms with E-state index < -0.39 is 0 Å². The van der Waals surface area contributed by atoms with Crippen molar-refractivity contribution in [1.82, 2.24) is 4.90 Å². The summed E-state index contributed by atoms with van der Waals surface area (Å²) in [6.07, 6.45) is 15.2. The largest absolute Gasteiger partial charge is 0.329 e. The second-order valence-corrected chi connectivity index (χ2v) is 7.29. The summed E-state index contributed by atoms with van der Waals surface area (Å²) in [4.78, 5) is 2.85. The summed E-state index contributed by atoms with van der Waals surface area (Å²) >= 11 is 0. The maximum absolute atomic E-state index is 6.32. The Hall–Kier alpha value is -0.0800. The van der Waals surface area contributed by atoms with E-state index in [1.807, 2.05) is 0 Å². The normalized spacial score (nSPS) is 31.5. The van der Waals surface area contributed by atoms with Gasteiger partial charge >= 0.3 is 0 Å². The molecule has 0 amide bonds. The van der Waals surface area contributed by atoms with Gasteiger partial charge in [0.05, 0.1) is 0 Å². The number of unbranched alkanes of at least 4 members (excludes halogenated alkanes) is 1. The molecule has 2 aliphatic carbocycles. The minimum Gasteiger partial charge on any atom is -0.329 e. The topological polar surface area (TPSA) is 29.3 Å². The van der Waals surface area contributed by atoms with E-state index in [4.69, 9.17) is 5.73 Å². The quantitative estimate of drug-likeness (QED) is 0.671. The van der Waals surface area contributed by atoms with Gasteiger partial charge < -0.3 is 5.73 Å². The van der Waals surface area contributed by atoms with Gasteiger partial charge in [0.2, 0.25) is 0 Å². The summed E-state index contributed by atoms with van der Waals surface area (Å²) in [6, 6.07) is 0.868. The molecule has 0 aromatic heterocycles. The van der Waals surface area contributed by atoms with Gasteiger partial charge in [-0.1, -0.05) is 46.0 Å². The molecule has 2 unspecified atom stereocenters. The van der Waals surface area contributed by atoms with Gasteiger partial charge in [-0.25, -0.2) is 0 Å². The maximum atomic E-state index is 6.32. The highest BCUT2D eigenvalue weighted by Gasteiger charge is 2.43. The van der Waals surface area contributed by atoms with Gasteiger partial charge in [0.15, 0.2) is 0 Å². The first-order chi connectivity index (χ1) is 9.75. The van der Waals surface area contributed by atoms with Crippen molar-refractivity contribution >= 4 is 0 Å². The number of nitrogens with zero attached hydrogens (tertiary/aromatic N) is 1. The van der Waals surface area contributed by atoms with Crippen LogP contribution in [-0.4, -0.2) is 29.6 Å². The van der Waals surface area contributed by atoms with E-state index in [-0.39, 0.29) is 0 Å². The summed E-state index contributed by atoms with van der Waals surface area (Å²) < 4.78 is 0. The molecule has 0 radical (unpaired) electrons. The molecule has 2 nitrogen and oxygen atoms in total. The molecule has 0 saturated heterocycles. The molecule has 2 aliphatic rings. The van der Waals surface area contributed by atoms with Gasteiger partial charge in [0, 0.05) is 18.1 Å². The summed E-state index contributed by atoms with van der Waals surface area (Å²) in [5, 5.41) is 0. The van der Waals surface area contributed by atoms with Gasteiger partial charge in [0.25, 0.3) is 0 Å². The van der Waals surface area contributed by atoms with Gasteiger partial charge in [-0.05, 0) is 51.0 Å². The SMILES string of the molecule is CCCCN(C1CC1)C1(CN)CCCC(CCC)CC1. The molecule has 20 heavy (non-hydrogen) atoms. The highest BCUT2D eigenvalue weighted by Crippen LogP contribution is 2.41. The minimum absolute atomic E-state index is 0.346. The molecular formula is C18H36N2. The zero-order chi connectivity index (χ0) is 14.4. The van der Waals surface area contributed by atoms with Crippen LogP contribution in [0.15, 0.2) is 0 Å². The highest BCUT2D eigenvalue weighted by molar-refractivity contribution is 5.00. The highest BCUT2D eigenvalue weighted by atomic mass is 15.3. The molecular weight excluding hydrogens is 244 g/mol. The molecule has 0 aliphatic heterocycles. The van der Waals surface area contributed by atoms with Crippen molar-refractivity contribution in [2.24, 2.45) is 11.7 Å². The molecule has 2 atom stereocenters. The van der Waals surface area contributed by atoms with Crippen LogP contribution >= 0.6 is 0 Å². The maximum Gasteiger partial charge on any atom is 0.0334 e. The van der Waals surface area contributed by atoms with Crippen LogP contribution in [0.25, 0.3) is 0 Å². The third-order valence-electron chi connectivity index (χ3n) is 5.70. The van der Waals surface area contributed by atoms with E-state index in [0.29, 0.717) is 5.54 Å². The predicted molar refractivity (Wildman–Crippen MR) is 87.9 cm³/mol. The number of hydrogen-bond donors (Lipinski definition) is 1. The van der Waals surface area contributed by atoms with Crippen LogP contribution in [0.3, 0.4) is 0 Å². The van der Waals surface area contributed by atoms with Crippen molar-refractivity contribution in [2.75, 3.05) is 13.1 Å². The van der Waals surface area contributed by atoms with Crippen LogP contribution in [0.4, 0.5) is 0 Å². The summed E-state index contributed by atoms with van der Waals surface area (Å²) in [7, 11) is 0. The van der Waals surface area contributed by atoms with Crippen LogP contribution in [0.5, 0.6) is 0 Å². The van der Waals surface area contributed by atoms with Crippen molar-refractivity contribution in [1.29, 1.82) is 0 Å². The molecule has 0 aromatic rings. The van der Waals surface area contributed by atoms with Crippen molar-refractivity contribution in [3.05, 3.63) is 0 Å². The molecule has 0 heterocycles. The standard InChI is InChI=1S/C18H36N2/c1-3-5-14-20(17-9-10-17)18(15-19)12-6-8-16(7-4-2)11-13-18/h16-17H,3-15,19H2,1-2H3. The average Bonchev–Trinajstić information content (AvgIpc) is 3.28. The van der Waals surface area contributed by atoms with E-state index in [1.165, 1.54) is 77.2 Å². The third kappa shape index (κ3) is 3.98. The Kier molecular flexibility index (Phi) is 6.35. The van der Waals surface area contributed by atoms with E-state index in [0.717, 1.165) is 18.5 Å². The lowest BCUT2D eigenvalue weighted by Crippen LogP contribution is -2.55. The molecule has 2 rings (SSSR count). The summed E-state index contributed by atoms with van der Waals surface area (Å²) in [6.45, 7) is 6.81. The lowest BCUT2D eigenvalue weighted by molar-refractivity contribution is 0.0665. The van der Waals surface area contributed by atoms with Crippen molar-refractivity contribution in [3.8, 4) is 0 Å². The third-order valence-corrected chi connectivity index (χ3v) is 5.70. The second-order valence-electron chi connectivity index (χ2n) is 7.29. The fraction of sp³-hybridized carbons (Fsp3) is 1.00.